The van der Waals surface area contributed by atoms with Gasteiger partial charge < -0.3 is 10.2 Å². The maximum Gasteiger partial charge on any atom is 0.00476 e. The van der Waals surface area contributed by atoms with Crippen molar-refractivity contribution in [1.82, 2.24) is 10.2 Å². The molecule has 2 nitrogen and oxygen atoms in total. The van der Waals surface area contributed by atoms with Gasteiger partial charge in [0, 0.05) is 25.7 Å². The van der Waals surface area contributed by atoms with Crippen LogP contribution in [-0.2, 0) is 0 Å². The summed E-state index contributed by atoms with van der Waals surface area (Å²) in [5, 5.41) is 3.55. The molecule has 0 heterocycles. The van der Waals surface area contributed by atoms with E-state index >= 15 is 0 Å². The first-order valence-electron chi connectivity index (χ1n) is 7.23. The molecule has 0 amide bonds. The Hall–Kier alpha value is -0.0800. The van der Waals surface area contributed by atoms with Crippen molar-refractivity contribution in [2.75, 3.05) is 26.2 Å². The maximum atomic E-state index is 3.55. The van der Waals surface area contributed by atoms with Gasteiger partial charge in [0.15, 0.2) is 0 Å². The van der Waals surface area contributed by atoms with E-state index in [2.05, 4.69) is 58.7 Å². The third-order valence-electron chi connectivity index (χ3n) is 2.99. The van der Waals surface area contributed by atoms with Crippen molar-refractivity contribution >= 4 is 0 Å². The molecule has 17 heavy (non-hydrogen) atoms. The van der Waals surface area contributed by atoms with E-state index in [9.17, 15) is 0 Å². The van der Waals surface area contributed by atoms with E-state index in [1.807, 2.05) is 0 Å². The van der Waals surface area contributed by atoms with E-state index in [0.717, 1.165) is 19.0 Å². The molecular formula is C15H34N2. The Morgan fingerprint density at radius 1 is 1.12 bits per heavy atom. The summed E-state index contributed by atoms with van der Waals surface area (Å²) >= 11 is 0. The minimum Gasteiger partial charge on any atom is -0.316 e. The topological polar surface area (TPSA) is 15.3 Å². The molecule has 0 aromatic heterocycles. The molecule has 0 bridgehead atoms. The van der Waals surface area contributed by atoms with Crippen molar-refractivity contribution in [3.63, 3.8) is 0 Å². The molecule has 0 unspecified atom stereocenters. The second-order valence-corrected chi connectivity index (χ2v) is 6.76. The standard InChI is InChI=1S/C15H34N2/c1-8-9-16-11-15(6,7)12-17(14(4)5)10-13(2)3/h13-14,16H,8-12H2,1-7H3. The molecule has 0 rings (SSSR count). The van der Waals surface area contributed by atoms with Crippen molar-refractivity contribution in [1.29, 1.82) is 0 Å². The fourth-order valence-corrected chi connectivity index (χ4v) is 2.14. The lowest BCUT2D eigenvalue weighted by molar-refractivity contribution is 0.128. The molecule has 1 N–H and O–H groups in total. The van der Waals surface area contributed by atoms with Gasteiger partial charge in [-0.1, -0.05) is 34.6 Å². The molecule has 0 aliphatic rings. The van der Waals surface area contributed by atoms with Crippen molar-refractivity contribution in [2.24, 2.45) is 11.3 Å². The van der Waals surface area contributed by atoms with Crippen LogP contribution in [0.1, 0.15) is 54.9 Å². The first-order valence-corrected chi connectivity index (χ1v) is 7.23. The van der Waals surface area contributed by atoms with Gasteiger partial charge in [-0.25, -0.2) is 0 Å². The Morgan fingerprint density at radius 2 is 1.71 bits per heavy atom. The Morgan fingerprint density at radius 3 is 2.12 bits per heavy atom. The predicted octanol–water partition coefficient (Wildman–Crippen LogP) is 3.38. The molecule has 0 aromatic rings. The van der Waals surface area contributed by atoms with Crippen LogP contribution in [0, 0.1) is 11.3 Å². The van der Waals surface area contributed by atoms with E-state index in [0.29, 0.717) is 11.5 Å². The van der Waals surface area contributed by atoms with Crippen LogP contribution >= 0.6 is 0 Å². The maximum absolute atomic E-state index is 3.55. The SMILES string of the molecule is CCCNCC(C)(C)CN(CC(C)C)C(C)C. The summed E-state index contributed by atoms with van der Waals surface area (Å²) in [6.07, 6.45) is 1.22. The highest BCUT2D eigenvalue weighted by molar-refractivity contribution is 4.78. The Bertz CT molecular complexity index is 185. The van der Waals surface area contributed by atoms with Gasteiger partial charge in [0.2, 0.25) is 0 Å². The number of rotatable bonds is 9. The van der Waals surface area contributed by atoms with E-state index < -0.39 is 0 Å². The smallest absolute Gasteiger partial charge is 0.00476 e. The summed E-state index contributed by atoms with van der Waals surface area (Å²) < 4.78 is 0. The van der Waals surface area contributed by atoms with Crippen molar-refractivity contribution in [3.05, 3.63) is 0 Å². The van der Waals surface area contributed by atoms with Crippen molar-refractivity contribution in [2.45, 2.75) is 60.9 Å². The van der Waals surface area contributed by atoms with Crippen LogP contribution < -0.4 is 5.32 Å². The zero-order chi connectivity index (χ0) is 13.5. The molecule has 0 aliphatic carbocycles. The van der Waals surface area contributed by atoms with Crippen LogP contribution in [0.3, 0.4) is 0 Å². The first-order chi connectivity index (χ1) is 7.78. The second-order valence-electron chi connectivity index (χ2n) is 6.76. The largest absolute Gasteiger partial charge is 0.316 e. The fourth-order valence-electron chi connectivity index (χ4n) is 2.14. The zero-order valence-electron chi connectivity index (χ0n) is 13.1. The van der Waals surface area contributed by atoms with E-state index in [-0.39, 0.29) is 0 Å². The van der Waals surface area contributed by atoms with E-state index in [4.69, 9.17) is 0 Å². The quantitative estimate of drug-likeness (QED) is 0.624. The average molecular weight is 242 g/mol. The molecule has 104 valence electrons. The van der Waals surface area contributed by atoms with Crippen molar-refractivity contribution in [3.8, 4) is 0 Å². The zero-order valence-corrected chi connectivity index (χ0v) is 13.1. The van der Waals surface area contributed by atoms with E-state index in [1.54, 1.807) is 0 Å². The summed E-state index contributed by atoms with van der Waals surface area (Å²) in [6.45, 7) is 20.8. The van der Waals surface area contributed by atoms with Gasteiger partial charge in [-0.3, -0.25) is 0 Å². The number of nitrogens with one attached hydrogen (secondary N) is 1. The lowest BCUT2D eigenvalue weighted by Crippen LogP contribution is -2.44. The second kappa shape index (κ2) is 8.10. The summed E-state index contributed by atoms with van der Waals surface area (Å²) in [4.78, 5) is 2.61. The summed E-state index contributed by atoms with van der Waals surface area (Å²) in [5.41, 5.74) is 0.355. The van der Waals surface area contributed by atoms with Gasteiger partial charge in [-0.2, -0.15) is 0 Å². The average Bonchev–Trinajstić information content (AvgIpc) is 2.15. The molecule has 0 aliphatic heterocycles. The number of hydrogen-bond donors (Lipinski definition) is 1. The Balaban J connectivity index is 4.21. The van der Waals surface area contributed by atoms with Crippen LogP contribution in [0.15, 0.2) is 0 Å². The highest BCUT2D eigenvalue weighted by atomic mass is 15.2. The lowest BCUT2D eigenvalue weighted by Gasteiger charge is -2.36. The highest BCUT2D eigenvalue weighted by Crippen LogP contribution is 2.18. The molecule has 0 saturated heterocycles. The van der Waals surface area contributed by atoms with Gasteiger partial charge in [-0.05, 0) is 38.1 Å². The third kappa shape index (κ3) is 8.62. The monoisotopic (exact) mass is 242 g/mol. The number of nitrogens with zero attached hydrogens (tertiary/aromatic N) is 1. The molecule has 0 spiro atoms. The minimum atomic E-state index is 0.355. The van der Waals surface area contributed by atoms with Crippen LogP contribution in [-0.4, -0.2) is 37.1 Å². The van der Waals surface area contributed by atoms with E-state index in [1.165, 1.54) is 19.5 Å². The molecule has 2 heteroatoms. The Labute approximate surface area is 109 Å². The summed E-state index contributed by atoms with van der Waals surface area (Å²) in [7, 11) is 0. The molecule has 0 saturated carbocycles. The van der Waals surface area contributed by atoms with Gasteiger partial charge in [0.05, 0.1) is 0 Å². The predicted molar refractivity (Wildman–Crippen MR) is 78.5 cm³/mol. The highest BCUT2D eigenvalue weighted by Gasteiger charge is 2.23. The van der Waals surface area contributed by atoms with Gasteiger partial charge in [0.25, 0.3) is 0 Å². The normalized spacial score (nSPS) is 13.1. The molecule has 0 atom stereocenters. The first kappa shape index (κ1) is 16.9. The number of hydrogen-bond acceptors (Lipinski definition) is 2. The fraction of sp³-hybridized carbons (Fsp3) is 1.00. The van der Waals surface area contributed by atoms with Crippen LogP contribution in [0.2, 0.25) is 0 Å². The van der Waals surface area contributed by atoms with Gasteiger partial charge in [-0.15, -0.1) is 0 Å². The van der Waals surface area contributed by atoms with Gasteiger partial charge in [0.1, 0.15) is 0 Å². The third-order valence-corrected chi connectivity index (χ3v) is 2.99. The molecular weight excluding hydrogens is 208 g/mol. The van der Waals surface area contributed by atoms with Crippen LogP contribution in [0.25, 0.3) is 0 Å². The molecule has 0 aromatic carbocycles. The minimum absolute atomic E-state index is 0.355. The summed E-state index contributed by atoms with van der Waals surface area (Å²) in [5.74, 6) is 0.747. The molecule has 0 radical (unpaired) electrons. The summed E-state index contributed by atoms with van der Waals surface area (Å²) in [6, 6.07) is 0.642. The lowest BCUT2D eigenvalue weighted by atomic mass is 9.91. The van der Waals surface area contributed by atoms with Gasteiger partial charge >= 0.3 is 0 Å². The molecule has 0 fully saturated rings. The Kier molecular flexibility index (Phi) is 8.06. The van der Waals surface area contributed by atoms with Crippen molar-refractivity contribution < 1.29 is 0 Å². The van der Waals surface area contributed by atoms with Crippen LogP contribution in [0.4, 0.5) is 0 Å². The van der Waals surface area contributed by atoms with Crippen LogP contribution in [0.5, 0.6) is 0 Å².